The summed E-state index contributed by atoms with van der Waals surface area (Å²) in [4.78, 5) is 11.0. The first kappa shape index (κ1) is 19.0. The third-order valence-corrected chi connectivity index (χ3v) is 3.27. The van der Waals surface area contributed by atoms with Crippen molar-refractivity contribution in [2.45, 2.75) is 13.0 Å². The Kier molecular flexibility index (Phi) is 8.80. The molecule has 0 bridgehead atoms. The van der Waals surface area contributed by atoms with Crippen molar-refractivity contribution in [3.8, 4) is 5.75 Å². The van der Waals surface area contributed by atoms with Gasteiger partial charge in [-0.25, -0.2) is 4.79 Å². The molecule has 0 heterocycles. The third kappa shape index (κ3) is 7.17. The van der Waals surface area contributed by atoms with E-state index in [1.54, 1.807) is 0 Å². The van der Waals surface area contributed by atoms with Crippen LogP contribution in [0.25, 0.3) is 0 Å². The molecule has 0 saturated heterocycles. The van der Waals surface area contributed by atoms with Crippen molar-refractivity contribution in [3.05, 3.63) is 65.7 Å². The number of nitrogens with one attached hydrogen (secondary N) is 1. The van der Waals surface area contributed by atoms with E-state index >= 15 is 0 Å². The standard InChI is InChI=1S/C18H21NO3.ClH/c1-21-18(20)14-22-17-9-7-16(8-10-17)13-19-12-11-15-5-3-2-4-6-15;/h2-10,19H,11-14H2,1H3;1H. The normalized spacial score (nSPS) is 9.78. The number of esters is 1. The SMILES string of the molecule is COC(=O)COc1ccc(CNCCc2ccccc2)cc1.Cl. The van der Waals surface area contributed by atoms with Crippen molar-refractivity contribution in [2.24, 2.45) is 0 Å². The van der Waals surface area contributed by atoms with Gasteiger partial charge in [0.1, 0.15) is 5.75 Å². The summed E-state index contributed by atoms with van der Waals surface area (Å²) < 4.78 is 9.83. The second-order valence-corrected chi connectivity index (χ2v) is 4.92. The topological polar surface area (TPSA) is 47.6 Å². The number of hydrogen-bond donors (Lipinski definition) is 1. The van der Waals surface area contributed by atoms with Gasteiger partial charge in [-0.1, -0.05) is 42.5 Å². The number of methoxy groups -OCH3 is 1. The van der Waals surface area contributed by atoms with E-state index < -0.39 is 0 Å². The number of carbonyl (C=O) groups is 1. The van der Waals surface area contributed by atoms with Crippen LogP contribution in [0.3, 0.4) is 0 Å². The first-order valence-electron chi connectivity index (χ1n) is 7.31. The number of carbonyl (C=O) groups excluding carboxylic acids is 1. The van der Waals surface area contributed by atoms with Crippen LogP contribution in [-0.2, 0) is 22.5 Å². The van der Waals surface area contributed by atoms with Crippen LogP contribution in [-0.4, -0.2) is 26.2 Å². The number of hydrogen-bond acceptors (Lipinski definition) is 4. The van der Waals surface area contributed by atoms with Gasteiger partial charge in [-0.15, -0.1) is 12.4 Å². The van der Waals surface area contributed by atoms with Gasteiger partial charge in [0.15, 0.2) is 6.61 Å². The first-order chi connectivity index (χ1) is 10.8. The molecule has 0 fully saturated rings. The van der Waals surface area contributed by atoms with Gasteiger partial charge in [-0.3, -0.25) is 0 Å². The molecule has 4 nitrogen and oxygen atoms in total. The molecule has 0 unspecified atom stereocenters. The van der Waals surface area contributed by atoms with Crippen molar-refractivity contribution in [1.82, 2.24) is 5.32 Å². The average Bonchev–Trinajstić information content (AvgIpc) is 2.58. The Bertz CT molecular complexity index is 573. The van der Waals surface area contributed by atoms with Crippen molar-refractivity contribution in [1.29, 1.82) is 0 Å². The van der Waals surface area contributed by atoms with Gasteiger partial charge < -0.3 is 14.8 Å². The fraction of sp³-hybridized carbons (Fsp3) is 0.278. The zero-order chi connectivity index (χ0) is 15.6. The van der Waals surface area contributed by atoms with Crippen molar-refractivity contribution < 1.29 is 14.3 Å². The van der Waals surface area contributed by atoms with Crippen LogP contribution < -0.4 is 10.1 Å². The van der Waals surface area contributed by atoms with Crippen LogP contribution in [0.1, 0.15) is 11.1 Å². The van der Waals surface area contributed by atoms with Crippen LogP contribution in [0.15, 0.2) is 54.6 Å². The van der Waals surface area contributed by atoms with Crippen molar-refractivity contribution in [2.75, 3.05) is 20.3 Å². The van der Waals surface area contributed by atoms with E-state index in [2.05, 4.69) is 34.3 Å². The molecule has 0 aliphatic heterocycles. The lowest BCUT2D eigenvalue weighted by molar-refractivity contribution is -0.142. The number of rotatable bonds is 8. The van der Waals surface area contributed by atoms with Gasteiger partial charge in [-0.2, -0.15) is 0 Å². The average molecular weight is 336 g/mol. The molecule has 0 saturated carbocycles. The largest absolute Gasteiger partial charge is 0.482 e. The van der Waals surface area contributed by atoms with Crippen LogP contribution in [0.5, 0.6) is 5.75 Å². The first-order valence-corrected chi connectivity index (χ1v) is 7.31. The van der Waals surface area contributed by atoms with E-state index in [0.717, 1.165) is 19.5 Å². The van der Waals surface area contributed by atoms with E-state index in [0.29, 0.717) is 5.75 Å². The highest BCUT2D eigenvalue weighted by molar-refractivity contribution is 5.85. The predicted octanol–water partition coefficient (Wildman–Crippen LogP) is 2.99. The molecule has 23 heavy (non-hydrogen) atoms. The summed E-state index contributed by atoms with van der Waals surface area (Å²) in [5, 5.41) is 3.41. The molecule has 1 N–H and O–H groups in total. The lowest BCUT2D eigenvalue weighted by Crippen LogP contribution is -2.16. The molecule has 2 aromatic carbocycles. The van der Waals surface area contributed by atoms with Crippen LogP contribution in [0.2, 0.25) is 0 Å². The zero-order valence-electron chi connectivity index (χ0n) is 13.2. The molecule has 0 amide bonds. The summed E-state index contributed by atoms with van der Waals surface area (Å²) >= 11 is 0. The molecule has 2 rings (SSSR count). The molecule has 0 aromatic heterocycles. The summed E-state index contributed by atoms with van der Waals surface area (Å²) in [6, 6.07) is 18.1. The Balaban J connectivity index is 0.00000264. The molecule has 0 atom stereocenters. The molecular formula is C18H22ClNO3. The number of ether oxygens (including phenoxy) is 2. The second kappa shape index (κ2) is 10.6. The quantitative estimate of drug-likeness (QED) is 0.595. The molecule has 0 aliphatic carbocycles. The van der Waals surface area contributed by atoms with E-state index in [1.165, 1.54) is 18.2 Å². The Labute approximate surface area is 143 Å². The molecular weight excluding hydrogens is 314 g/mol. The summed E-state index contributed by atoms with van der Waals surface area (Å²) in [5.74, 6) is 0.282. The molecule has 0 spiro atoms. The molecule has 2 aromatic rings. The molecule has 5 heteroatoms. The second-order valence-electron chi connectivity index (χ2n) is 4.92. The summed E-state index contributed by atoms with van der Waals surface area (Å²) in [6.45, 7) is 1.68. The van der Waals surface area contributed by atoms with Gasteiger partial charge in [0.25, 0.3) is 0 Å². The minimum absolute atomic E-state index is 0. The maximum Gasteiger partial charge on any atom is 0.343 e. The summed E-state index contributed by atoms with van der Waals surface area (Å²) in [7, 11) is 1.34. The van der Waals surface area contributed by atoms with E-state index in [9.17, 15) is 4.79 Å². The highest BCUT2D eigenvalue weighted by atomic mass is 35.5. The monoisotopic (exact) mass is 335 g/mol. The van der Waals surface area contributed by atoms with Crippen molar-refractivity contribution >= 4 is 18.4 Å². The smallest absolute Gasteiger partial charge is 0.343 e. The Morgan fingerprint density at radius 3 is 2.35 bits per heavy atom. The predicted molar refractivity (Wildman–Crippen MR) is 93.1 cm³/mol. The van der Waals surface area contributed by atoms with Crippen LogP contribution in [0.4, 0.5) is 0 Å². The van der Waals surface area contributed by atoms with E-state index in [4.69, 9.17) is 4.74 Å². The maximum absolute atomic E-state index is 11.0. The zero-order valence-corrected chi connectivity index (χ0v) is 14.0. The summed E-state index contributed by atoms with van der Waals surface area (Å²) in [6.07, 6.45) is 1.02. The maximum atomic E-state index is 11.0. The van der Waals surface area contributed by atoms with E-state index in [1.807, 2.05) is 30.3 Å². The minimum Gasteiger partial charge on any atom is -0.482 e. The van der Waals surface area contributed by atoms with Crippen LogP contribution in [0, 0.1) is 0 Å². The fourth-order valence-electron chi connectivity index (χ4n) is 2.01. The Morgan fingerprint density at radius 2 is 1.70 bits per heavy atom. The number of halogens is 1. The van der Waals surface area contributed by atoms with Gasteiger partial charge in [0, 0.05) is 6.54 Å². The highest BCUT2D eigenvalue weighted by Crippen LogP contribution is 2.12. The van der Waals surface area contributed by atoms with Crippen molar-refractivity contribution in [3.63, 3.8) is 0 Å². The van der Waals surface area contributed by atoms with Gasteiger partial charge in [-0.05, 0) is 36.2 Å². The Morgan fingerprint density at radius 1 is 1.00 bits per heavy atom. The molecule has 0 radical (unpaired) electrons. The van der Waals surface area contributed by atoms with Crippen LogP contribution >= 0.6 is 12.4 Å². The lowest BCUT2D eigenvalue weighted by atomic mass is 10.1. The molecule has 0 aliphatic rings. The fourth-order valence-corrected chi connectivity index (χ4v) is 2.01. The summed E-state index contributed by atoms with van der Waals surface area (Å²) in [5.41, 5.74) is 2.51. The van der Waals surface area contributed by atoms with E-state index in [-0.39, 0.29) is 25.0 Å². The van der Waals surface area contributed by atoms with Gasteiger partial charge in [0.2, 0.25) is 0 Å². The Hall–Kier alpha value is -2.04. The molecule has 124 valence electrons. The van der Waals surface area contributed by atoms with Gasteiger partial charge >= 0.3 is 5.97 Å². The number of benzene rings is 2. The minimum atomic E-state index is -0.383. The lowest BCUT2D eigenvalue weighted by Gasteiger charge is -2.07. The highest BCUT2D eigenvalue weighted by Gasteiger charge is 2.01. The van der Waals surface area contributed by atoms with Gasteiger partial charge in [0.05, 0.1) is 7.11 Å². The third-order valence-electron chi connectivity index (χ3n) is 3.27.